The van der Waals surface area contributed by atoms with Crippen molar-refractivity contribution >= 4 is 15.9 Å². The maximum atomic E-state index is 12.4. The molecular weight excluding hydrogens is 290 g/mol. The molecule has 0 saturated carbocycles. The number of nitrogens with two attached hydrogens (primary N) is 1. The van der Waals surface area contributed by atoms with Crippen LogP contribution in [-0.4, -0.2) is 45.9 Å². The average molecular weight is 313 g/mol. The van der Waals surface area contributed by atoms with E-state index in [9.17, 15) is 13.2 Å². The molecule has 0 aliphatic carbocycles. The van der Waals surface area contributed by atoms with Gasteiger partial charge in [-0.05, 0) is 18.6 Å². The highest BCUT2D eigenvalue weighted by molar-refractivity contribution is 7.89. The number of hydrogen-bond acceptors (Lipinski definition) is 4. The lowest BCUT2D eigenvalue weighted by molar-refractivity contribution is 0.0789. The number of nitrogens with zero attached hydrogens (tertiary/aromatic N) is 1. The molecule has 0 fully saturated rings. The zero-order chi connectivity index (χ0) is 15.9. The van der Waals surface area contributed by atoms with Crippen molar-refractivity contribution in [2.24, 2.45) is 5.73 Å². The number of hydrogen-bond donors (Lipinski definition) is 2. The lowest BCUT2D eigenvalue weighted by atomic mass is 10.2. The summed E-state index contributed by atoms with van der Waals surface area (Å²) < 4.78 is 26.8. The first-order valence-electron chi connectivity index (χ1n) is 6.98. The molecule has 1 aromatic carbocycles. The van der Waals surface area contributed by atoms with Crippen molar-refractivity contribution in [1.82, 2.24) is 9.62 Å². The van der Waals surface area contributed by atoms with Gasteiger partial charge in [-0.25, -0.2) is 13.1 Å². The highest BCUT2D eigenvalue weighted by atomic mass is 32.2. The van der Waals surface area contributed by atoms with Gasteiger partial charge in [0, 0.05) is 26.7 Å². The summed E-state index contributed by atoms with van der Waals surface area (Å²) in [6.07, 6.45) is 1.85. The van der Waals surface area contributed by atoms with Crippen LogP contribution in [-0.2, 0) is 10.0 Å². The Morgan fingerprint density at radius 1 is 1.33 bits per heavy atom. The summed E-state index contributed by atoms with van der Waals surface area (Å²) in [5.74, 6) is -0.294. The highest BCUT2D eigenvalue weighted by Gasteiger charge is 2.23. The third-order valence-corrected chi connectivity index (χ3v) is 4.56. The number of carbonyl (C=O) groups excluding carboxylic acids is 1. The fourth-order valence-corrected chi connectivity index (χ4v) is 3.10. The van der Waals surface area contributed by atoms with E-state index in [0.29, 0.717) is 6.54 Å². The summed E-state index contributed by atoms with van der Waals surface area (Å²) in [4.78, 5) is 13.9. The van der Waals surface area contributed by atoms with Crippen molar-refractivity contribution in [2.75, 3.05) is 26.7 Å². The van der Waals surface area contributed by atoms with E-state index in [2.05, 4.69) is 4.72 Å². The van der Waals surface area contributed by atoms with E-state index in [-0.39, 0.29) is 29.5 Å². The Bertz CT molecular complexity index is 573. The summed E-state index contributed by atoms with van der Waals surface area (Å²) in [6.45, 7) is 2.97. The summed E-state index contributed by atoms with van der Waals surface area (Å²) in [7, 11) is -2.05. The number of benzene rings is 1. The lowest BCUT2D eigenvalue weighted by Crippen LogP contribution is -2.33. The molecule has 0 saturated heterocycles. The van der Waals surface area contributed by atoms with Crippen LogP contribution in [0.15, 0.2) is 29.2 Å². The molecule has 6 nitrogen and oxygen atoms in total. The van der Waals surface area contributed by atoms with E-state index in [1.54, 1.807) is 24.1 Å². The molecule has 0 atom stereocenters. The van der Waals surface area contributed by atoms with Crippen molar-refractivity contribution in [3.8, 4) is 0 Å². The summed E-state index contributed by atoms with van der Waals surface area (Å²) in [6, 6.07) is 6.21. The van der Waals surface area contributed by atoms with Crippen molar-refractivity contribution in [3.63, 3.8) is 0 Å². The number of amides is 1. The van der Waals surface area contributed by atoms with Crippen LogP contribution in [0.25, 0.3) is 0 Å². The Morgan fingerprint density at radius 2 is 2.00 bits per heavy atom. The first-order valence-corrected chi connectivity index (χ1v) is 8.46. The van der Waals surface area contributed by atoms with E-state index in [0.717, 1.165) is 12.8 Å². The van der Waals surface area contributed by atoms with Gasteiger partial charge in [0.25, 0.3) is 5.91 Å². The highest BCUT2D eigenvalue weighted by Crippen LogP contribution is 2.17. The zero-order valence-electron chi connectivity index (χ0n) is 12.5. The van der Waals surface area contributed by atoms with Crippen LogP contribution in [0.3, 0.4) is 0 Å². The Kier molecular flexibility index (Phi) is 6.80. The van der Waals surface area contributed by atoms with Gasteiger partial charge < -0.3 is 10.6 Å². The lowest BCUT2D eigenvalue weighted by Gasteiger charge is -2.18. The van der Waals surface area contributed by atoms with Crippen LogP contribution in [0.4, 0.5) is 0 Å². The SMILES string of the molecule is CCCCN(C)C(=O)c1ccccc1S(=O)(=O)NCCN. The number of nitrogens with one attached hydrogen (secondary N) is 1. The molecule has 0 aromatic heterocycles. The Labute approximate surface area is 126 Å². The van der Waals surface area contributed by atoms with E-state index in [4.69, 9.17) is 5.73 Å². The van der Waals surface area contributed by atoms with Crippen LogP contribution in [0, 0.1) is 0 Å². The second-order valence-electron chi connectivity index (χ2n) is 4.76. The van der Waals surface area contributed by atoms with Gasteiger partial charge in [0.05, 0.1) is 10.5 Å². The van der Waals surface area contributed by atoms with Crippen molar-refractivity contribution in [3.05, 3.63) is 29.8 Å². The van der Waals surface area contributed by atoms with Gasteiger partial charge in [-0.3, -0.25) is 4.79 Å². The van der Waals surface area contributed by atoms with Crippen molar-refractivity contribution in [1.29, 1.82) is 0 Å². The fourth-order valence-electron chi connectivity index (χ4n) is 1.85. The average Bonchev–Trinajstić information content (AvgIpc) is 2.49. The first kappa shape index (κ1) is 17.6. The molecule has 0 bridgehead atoms. The molecule has 0 spiro atoms. The minimum Gasteiger partial charge on any atom is -0.342 e. The smallest absolute Gasteiger partial charge is 0.254 e. The third kappa shape index (κ3) is 4.80. The van der Waals surface area contributed by atoms with E-state index >= 15 is 0 Å². The molecule has 0 aliphatic rings. The Balaban J connectivity index is 3.07. The van der Waals surface area contributed by atoms with Gasteiger partial charge in [0.2, 0.25) is 10.0 Å². The molecule has 118 valence electrons. The van der Waals surface area contributed by atoms with Gasteiger partial charge in [-0.15, -0.1) is 0 Å². The van der Waals surface area contributed by atoms with Crippen LogP contribution in [0.5, 0.6) is 0 Å². The minimum absolute atomic E-state index is 0.00759. The number of rotatable bonds is 8. The van der Waals surface area contributed by atoms with Crippen LogP contribution in [0.2, 0.25) is 0 Å². The Morgan fingerprint density at radius 3 is 2.62 bits per heavy atom. The summed E-state index contributed by atoms with van der Waals surface area (Å²) >= 11 is 0. The standard InChI is InChI=1S/C14H23N3O3S/c1-3-4-11-17(2)14(18)12-7-5-6-8-13(12)21(19,20)16-10-9-15/h5-8,16H,3-4,9-11,15H2,1-2H3. The van der Waals surface area contributed by atoms with E-state index in [1.807, 2.05) is 6.92 Å². The fraction of sp³-hybridized carbons (Fsp3) is 0.500. The molecule has 1 rings (SSSR count). The first-order chi connectivity index (χ1) is 9.94. The van der Waals surface area contributed by atoms with E-state index in [1.165, 1.54) is 12.1 Å². The molecule has 1 amide bonds. The predicted molar refractivity (Wildman–Crippen MR) is 82.6 cm³/mol. The molecule has 0 heterocycles. The van der Waals surface area contributed by atoms with Gasteiger partial charge >= 0.3 is 0 Å². The van der Waals surface area contributed by atoms with Crippen molar-refractivity contribution in [2.45, 2.75) is 24.7 Å². The minimum atomic E-state index is -3.73. The largest absolute Gasteiger partial charge is 0.342 e. The quantitative estimate of drug-likeness (QED) is 0.742. The molecule has 3 N–H and O–H groups in total. The number of sulfonamides is 1. The van der Waals surface area contributed by atoms with E-state index < -0.39 is 10.0 Å². The van der Waals surface area contributed by atoms with Crippen LogP contribution < -0.4 is 10.5 Å². The third-order valence-electron chi connectivity index (χ3n) is 3.04. The van der Waals surface area contributed by atoms with Gasteiger partial charge in [0.1, 0.15) is 0 Å². The van der Waals surface area contributed by atoms with Crippen molar-refractivity contribution < 1.29 is 13.2 Å². The number of carbonyl (C=O) groups is 1. The molecule has 0 unspecified atom stereocenters. The molecule has 21 heavy (non-hydrogen) atoms. The normalized spacial score (nSPS) is 11.4. The summed E-state index contributed by atoms with van der Waals surface area (Å²) in [5.41, 5.74) is 5.49. The maximum absolute atomic E-state index is 12.4. The Hall–Kier alpha value is -1.44. The van der Waals surface area contributed by atoms with Gasteiger partial charge in [-0.1, -0.05) is 25.5 Å². The maximum Gasteiger partial charge on any atom is 0.254 e. The van der Waals surface area contributed by atoms with Gasteiger partial charge in [-0.2, -0.15) is 0 Å². The second-order valence-corrected chi connectivity index (χ2v) is 6.50. The topological polar surface area (TPSA) is 92.5 Å². The van der Waals surface area contributed by atoms with Gasteiger partial charge in [0.15, 0.2) is 0 Å². The predicted octanol–water partition coefficient (Wildman–Crippen LogP) is 0.796. The monoisotopic (exact) mass is 313 g/mol. The zero-order valence-corrected chi connectivity index (χ0v) is 13.3. The number of unbranched alkanes of at least 4 members (excludes halogenated alkanes) is 1. The molecule has 0 aliphatic heterocycles. The molecule has 0 radical (unpaired) electrons. The molecule has 7 heteroatoms. The second kappa shape index (κ2) is 8.11. The molecular formula is C14H23N3O3S. The summed E-state index contributed by atoms with van der Waals surface area (Å²) in [5, 5.41) is 0. The van der Waals surface area contributed by atoms with Crippen LogP contribution >= 0.6 is 0 Å². The molecule has 1 aromatic rings. The van der Waals surface area contributed by atoms with Crippen LogP contribution in [0.1, 0.15) is 30.1 Å².